The number of hydrogen-bond acceptors (Lipinski definition) is 5. The summed E-state index contributed by atoms with van der Waals surface area (Å²) in [5.41, 5.74) is 13.0. The molecule has 10 heteroatoms. The van der Waals surface area contributed by atoms with Gasteiger partial charge in [0.1, 0.15) is 17.3 Å². The molecule has 2 aliphatic carbocycles. The lowest BCUT2D eigenvalue weighted by Gasteiger charge is -2.39. The lowest BCUT2D eigenvalue weighted by Crippen LogP contribution is -2.41. The molecule has 2 heterocycles. The zero-order valence-electron chi connectivity index (χ0n) is 19.1. The van der Waals surface area contributed by atoms with Crippen LogP contribution in [0.5, 0.6) is 0 Å². The fourth-order valence-corrected chi connectivity index (χ4v) is 5.85. The first kappa shape index (κ1) is 23.1. The summed E-state index contributed by atoms with van der Waals surface area (Å²) in [6.45, 7) is 4.14. The van der Waals surface area contributed by atoms with Crippen molar-refractivity contribution in [3.8, 4) is 5.95 Å². The van der Waals surface area contributed by atoms with Crippen LogP contribution in [0.25, 0.3) is 11.6 Å². The highest BCUT2D eigenvalue weighted by Crippen LogP contribution is 2.67. The molecule has 0 radical (unpaired) electrons. The molecular formula is C25H24F4N6. The van der Waals surface area contributed by atoms with E-state index in [0.29, 0.717) is 17.8 Å². The Balaban J connectivity index is 1.61. The van der Waals surface area contributed by atoms with E-state index in [1.54, 1.807) is 18.3 Å². The van der Waals surface area contributed by atoms with E-state index in [0.717, 1.165) is 24.1 Å². The molecule has 1 saturated carbocycles. The number of halogens is 4. The number of nitrogens with zero attached hydrogens (tertiary/aromatic N) is 4. The molecule has 4 N–H and O–H groups in total. The van der Waals surface area contributed by atoms with Crippen LogP contribution in [-0.4, -0.2) is 19.7 Å². The van der Waals surface area contributed by atoms with Crippen LogP contribution in [0, 0.1) is 23.0 Å². The van der Waals surface area contributed by atoms with Crippen molar-refractivity contribution >= 4 is 5.70 Å². The Morgan fingerprint density at radius 1 is 1.17 bits per heavy atom. The van der Waals surface area contributed by atoms with Crippen LogP contribution in [0.2, 0.25) is 0 Å². The fraction of sp³-hybridized carbons (Fsp3) is 0.320. The van der Waals surface area contributed by atoms with Crippen LogP contribution in [0.1, 0.15) is 50.1 Å². The number of hydrogen-bond donors (Lipinski definition) is 2. The van der Waals surface area contributed by atoms with Gasteiger partial charge in [0.15, 0.2) is 0 Å². The molecule has 2 aromatic heterocycles. The molecule has 0 amide bonds. The van der Waals surface area contributed by atoms with Crippen molar-refractivity contribution in [2.24, 2.45) is 22.8 Å². The van der Waals surface area contributed by atoms with Crippen molar-refractivity contribution in [1.82, 2.24) is 19.7 Å². The van der Waals surface area contributed by atoms with E-state index in [1.807, 2.05) is 0 Å². The van der Waals surface area contributed by atoms with Gasteiger partial charge < -0.3 is 11.5 Å². The smallest absolute Gasteiger partial charge is 0.282 e. The number of fused-ring (bicyclic) bond motifs is 2. The van der Waals surface area contributed by atoms with E-state index < -0.39 is 28.9 Å². The summed E-state index contributed by atoms with van der Waals surface area (Å²) in [7, 11) is 0. The maximum atomic E-state index is 14.3. The first-order valence-electron chi connectivity index (χ1n) is 11.2. The molecule has 2 atom stereocenters. The lowest BCUT2D eigenvalue weighted by atomic mass is 9.66. The fourth-order valence-electron chi connectivity index (χ4n) is 5.85. The second-order valence-corrected chi connectivity index (χ2v) is 9.51. The van der Waals surface area contributed by atoms with Gasteiger partial charge in [0, 0.05) is 23.8 Å². The highest BCUT2D eigenvalue weighted by molar-refractivity contribution is 5.68. The molecule has 0 unspecified atom stereocenters. The van der Waals surface area contributed by atoms with Gasteiger partial charge in [0.25, 0.3) is 12.4 Å². The summed E-state index contributed by atoms with van der Waals surface area (Å²) in [6.07, 6.45) is 3.24. The minimum Gasteiger partial charge on any atom is -0.401 e. The van der Waals surface area contributed by atoms with Crippen LogP contribution in [0.3, 0.4) is 0 Å². The summed E-state index contributed by atoms with van der Waals surface area (Å²) >= 11 is 0. The predicted octanol–water partition coefficient (Wildman–Crippen LogP) is 4.78. The monoisotopic (exact) mass is 484 g/mol. The Hall–Kier alpha value is -3.69. The number of allylic oxidation sites excluding steroid dienone is 3. The molecule has 182 valence electrons. The molecule has 0 saturated heterocycles. The average Bonchev–Trinajstić information content (AvgIpc) is 3.44. The third-order valence-corrected chi connectivity index (χ3v) is 7.61. The third kappa shape index (κ3) is 3.26. The third-order valence-electron chi connectivity index (χ3n) is 7.61. The topological polar surface area (TPSA) is 95.6 Å². The van der Waals surface area contributed by atoms with Gasteiger partial charge in [-0.1, -0.05) is 19.9 Å². The highest BCUT2D eigenvalue weighted by atomic mass is 19.3. The number of nitrogens with two attached hydrogens (primary N) is 2. The van der Waals surface area contributed by atoms with Gasteiger partial charge in [0.2, 0.25) is 0 Å². The van der Waals surface area contributed by atoms with E-state index in [9.17, 15) is 17.6 Å². The molecule has 5 rings (SSSR count). The second kappa shape index (κ2) is 7.93. The highest BCUT2D eigenvalue weighted by Gasteiger charge is 2.64. The summed E-state index contributed by atoms with van der Waals surface area (Å²) < 4.78 is 55.9. The van der Waals surface area contributed by atoms with E-state index in [-0.39, 0.29) is 28.8 Å². The number of aromatic nitrogens is 4. The molecule has 2 bridgehead atoms. The van der Waals surface area contributed by atoms with Gasteiger partial charge >= 0.3 is 0 Å². The van der Waals surface area contributed by atoms with Crippen LogP contribution in [-0.2, 0) is 5.41 Å². The normalized spacial score (nSPS) is 23.5. The summed E-state index contributed by atoms with van der Waals surface area (Å²) in [5, 5.41) is 3.87. The van der Waals surface area contributed by atoms with E-state index in [2.05, 4.69) is 28.9 Å². The Morgan fingerprint density at radius 3 is 2.54 bits per heavy atom. The minimum absolute atomic E-state index is 0.0237. The molecule has 0 aliphatic heterocycles. The molecule has 6 nitrogen and oxygen atoms in total. The van der Waals surface area contributed by atoms with E-state index >= 15 is 0 Å². The summed E-state index contributed by atoms with van der Waals surface area (Å²) in [4.78, 5) is 8.88. The largest absolute Gasteiger partial charge is 0.401 e. The van der Waals surface area contributed by atoms with Crippen molar-refractivity contribution in [1.29, 1.82) is 0 Å². The number of benzene rings is 1. The van der Waals surface area contributed by atoms with Gasteiger partial charge in [-0.15, -0.1) is 0 Å². The van der Waals surface area contributed by atoms with E-state index in [1.165, 1.54) is 23.0 Å². The number of rotatable bonds is 5. The average molecular weight is 485 g/mol. The van der Waals surface area contributed by atoms with E-state index in [4.69, 9.17) is 11.5 Å². The molecular weight excluding hydrogens is 460 g/mol. The van der Waals surface area contributed by atoms with Crippen molar-refractivity contribution in [2.45, 2.75) is 38.5 Å². The first-order valence-corrected chi connectivity index (χ1v) is 11.2. The summed E-state index contributed by atoms with van der Waals surface area (Å²) in [5.74, 6) is -1.38. The molecule has 1 fully saturated rings. The van der Waals surface area contributed by atoms with Crippen LogP contribution in [0.15, 0.2) is 60.1 Å². The van der Waals surface area contributed by atoms with Crippen LogP contribution >= 0.6 is 0 Å². The van der Waals surface area contributed by atoms with Crippen LogP contribution < -0.4 is 11.5 Å². The molecule has 1 aromatic carbocycles. The predicted molar refractivity (Wildman–Crippen MR) is 122 cm³/mol. The van der Waals surface area contributed by atoms with Crippen molar-refractivity contribution in [2.75, 3.05) is 0 Å². The Kier molecular flexibility index (Phi) is 5.23. The molecule has 0 spiro atoms. The van der Waals surface area contributed by atoms with Gasteiger partial charge in [-0.2, -0.15) is 5.10 Å². The van der Waals surface area contributed by atoms with Crippen molar-refractivity contribution in [3.63, 3.8) is 0 Å². The second-order valence-electron chi connectivity index (χ2n) is 9.51. The standard InChI is InChI=1S/C25H24F4N6/c1-24(2)14-6-9-25(24,19-7-10-32-23(33-19)35-11-8-18(34-35)22(28)29)21(31)13(14)12-17(30)20-15(26)4-3-5-16(20)27/h3-5,7-8,10-12,14,22H,6,9,30-31H2,1-2H3/b17-12-/t14-,25-/m0/s1. The number of alkyl halides is 2. The zero-order valence-corrected chi connectivity index (χ0v) is 19.1. The molecule has 35 heavy (non-hydrogen) atoms. The SMILES string of the molecule is CC1(C)[C@H]2CC[C@]1(c1ccnc(-n3ccc(C(F)F)n3)n1)C(N)=C2/C=C(\N)c1c(F)cccc1F. The molecule has 3 aromatic rings. The maximum absolute atomic E-state index is 14.3. The van der Waals surface area contributed by atoms with Gasteiger partial charge in [-0.3, -0.25) is 0 Å². The van der Waals surface area contributed by atoms with Crippen LogP contribution in [0.4, 0.5) is 17.6 Å². The summed E-state index contributed by atoms with van der Waals surface area (Å²) in [6, 6.07) is 6.55. The maximum Gasteiger partial charge on any atom is 0.282 e. The van der Waals surface area contributed by atoms with Gasteiger partial charge in [-0.05, 0) is 60.1 Å². The quantitative estimate of drug-likeness (QED) is 0.509. The van der Waals surface area contributed by atoms with Gasteiger partial charge in [0.05, 0.1) is 16.7 Å². The Labute approximate surface area is 199 Å². The van der Waals surface area contributed by atoms with Gasteiger partial charge in [-0.25, -0.2) is 32.2 Å². The van der Waals surface area contributed by atoms with Crippen molar-refractivity contribution in [3.05, 3.63) is 88.7 Å². The molecule has 2 aliphatic rings. The Bertz CT molecular complexity index is 1360. The first-order chi connectivity index (χ1) is 16.6. The zero-order chi connectivity index (χ0) is 25.1. The lowest BCUT2D eigenvalue weighted by molar-refractivity contribution is 0.145. The Morgan fingerprint density at radius 2 is 1.89 bits per heavy atom. The minimum atomic E-state index is -2.71. The van der Waals surface area contributed by atoms with Crippen molar-refractivity contribution < 1.29 is 17.6 Å².